The van der Waals surface area contributed by atoms with Crippen LogP contribution in [0, 0.1) is 10.7 Å². The van der Waals surface area contributed by atoms with E-state index in [0.717, 1.165) is 28.0 Å². The molecular formula is C16H24N2O2S. The highest BCUT2D eigenvalue weighted by Crippen LogP contribution is 2.33. The molecule has 0 aliphatic rings. The van der Waals surface area contributed by atoms with Crippen molar-refractivity contribution in [3.8, 4) is 11.5 Å². The Morgan fingerprint density at radius 2 is 1.71 bits per heavy atom. The number of aromatic nitrogens is 2. The van der Waals surface area contributed by atoms with Gasteiger partial charge in [-0.15, -0.1) is 0 Å². The number of nitrogens with one attached hydrogen (secondary N) is 1. The van der Waals surface area contributed by atoms with E-state index in [4.69, 9.17) is 21.7 Å². The van der Waals surface area contributed by atoms with Gasteiger partial charge in [0, 0.05) is 18.2 Å². The summed E-state index contributed by atoms with van der Waals surface area (Å²) >= 11 is 5.49. The lowest BCUT2D eigenvalue weighted by Crippen LogP contribution is -2.06. The standard InChI is InChI=1S/C16H24N2O2S/c1-10(2)6-7-11(3)18-13-9-15(20-5)14(19-4)8-12(13)17-16(18)21/h8-11H,6-7H2,1-5H3,(H,17,21). The van der Waals surface area contributed by atoms with Gasteiger partial charge in [0.1, 0.15) is 0 Å². The Labute approximate surface area is 131 Å². The van der Waals surface area contributed by atoms with E-state index in [1.807, 2.05) is 12.1 Å². The first kappa shape index (κ1) is 15.9. The van der Waals surface area contributed by atoms with Crippen LogP contribution >= 0.6 is 12.2 Å². The van der Waals surface area contributed by atoms with Gasteiger partial charge < -0.3 is 19.0 Å². The Morgan fingerprint density at radius 1 is 1.10 bits per heavy atom. The van der Waals surface area contributed by atoms with Crippen LogP contribution in [0.3, 0.4) is 0 Å². The Morgan fingerprint density at radius 3 is 2.29 bits per heavy atom. The van der Waals surface area contributed by atoms with Crippen LogP contribution in [0.15, 0.2) is 12.1 Å². The summed E-state index contributed by atoms with van der Waals surface area (Å²) in [5, 5.41) is 0. The van der Waals surface area contributed by atoms with E-state index in [1.54, 1.807) is 14.2 Å². The van der Waals surface area contributed by atoms with E-state index < -0.39 is 0 Å². The van der Waals surface area contributed by atoms with Crippen LogP contribution in [0.1, 0.15) is 39.7 Å². The molecule has 0 fully saturated rings. The average molecular weight is 308 g/mol. The van der Waals surface area contributed by atoms with Gasteiger partial charge in [-0.3, -0.25) is 0 Å². The monoisotopic (exact) mass is 308 g/mol. The molecule has 1 heterocycles. The molecule has 0 spiro atoms. The third kappa shape index (κ3) is 3.23. The minimum atomic E-state index is 0.353. The molecule has 116 valence electrons. The number of fused-ring (bicyclic) bond motifs is 1. The van der Waals surface area contributed by atoms with E-state index in [9.17, 15) is 0 Å². The second-order valence-corrected chi connectivity index (χ2v) is 6.23. The number of hydrogen-bond acceptors (Lipinski definition) is 3. The summed E-state index contributed by atoms with van der Waals surface area (Å²) in [6, 6.07) is 4.29. The number of ether oxygens (including phenoxy) is 2. The predicted octanol–water partition coefficient (Wildman–Crippen LogP) is 4.71. The van der Waals surface area contributed by atoms with E-state index >= 15 is 0 Å². The summed E-state index contributed by atoms with van der Waals surface area (Å²) in [4.78, 5) is 3.26. The van der Waals surface area contributed by atoms with Crippen molar-refractivity contribution in [1.82, 2.24) is 9.55 Å². The Bertz CT molecular complexity index is 673. The first-order chi connectivity index (χ1) is 9.97. The van der Waals surface area contributed by atoms with Gasteiger partial charge in [-0.2, -0.15) is 0 Å². The van der Waals surface area contributed by atoms with Gasteiger partial charge in [-0.1, -0.05) is 13.8 Å². The van der Waals surface area contributed by atoms with Crippen molar-refractivity contribution >= 4 is 23.3 Å². The lowest BCUT2D eigenvalue weighted by molar-refractivity contribution is 0.355. The molecule has 2 aromatic rings. The van der Waals surface area contributed by atoms with Gasteiger partial charge >= 0.3 is 0 Å². The van der Waals surface area contributed by atoms with Crippen molar-refractivity contribution in [3.05, 3.63) is 16.9 Å². The van der Waals surface area contributed by atoms with Crippen LogP contribution in [0.2, 0.25) is 0 Å². The van der Waals surface area contributed by atoms with Crippen molar-refractivity contribution in [2.75, 3.05) is 14.2 Å². The molecule has 4 nitrogen and oxygen atoms in total. The average Bonchev–Trinajstić information content (AvgIpc) is 2.77. The van der Waals surface area contributed by atoms with Crippen molar-refractivity contribution in [2.24, 2.45) is 5.92 Å². The number of H-pyrrole nitrogens is 1. The SMILES string of the molecule is COc1cc2[nH]c(=S)n(C(C)CCC(C)C)c2cc1OC. The molecule has 1 N–H and O–H groups in total. The minimum absolute atomic E-state index is 0.353. The summed E-state index contributed by atoms with van der Waals surface area (Å²) in [5.41, 5.74) is 2.04. The van der Waals surface area contributed by atoms with E-state index in [-0.39, 0.29) is 0 Å². The molecule has 0 saturated heterocycles. The molecule has 0 aliphatic carbocycles. The van der Waals surface area contributed by atoms with Crippen molar-refractivity contribution < 1.29 is 9.47 Å². The molecule has 1 aromatic heterocycles. The fraction of sp³-hybridized carbons (Fsp3) is 0.562. The Hall–Kier alpha value is -1.49. The molecule has 0 amide bonds. The Kier molecular flexibility index (Phi) is 4.93. The smallest absolute Gasteiger partial charge is 0.178 e. The number of methoxy groups -OCH3 is 2. The van der Waals surface area contributed by atoms with Crippen molar-refractivity contribution in [2.45, 2.75) is 39.7 Å². The molecule has 0 bridgehead atoms. The van der Waals surface area contributed by atoms with E-state index in [1.165, 1.54) is 6.42 Å². The van der Waals surface area contributed by atoms with Crippen LogP contribution in [-0.4, -0.2) is 23.8 Å². The van der Waals surface area contributed by atoms with Crippen LogP contribution in [0.4, 0.5) is 0 Å². The normalized spacial score (nSPS) is 12.9. The summed E-state index contributed by atoms with van der Waals surface area (Å²) in [6.07, 6.45) is 2.29. The summed E-state index contributed by atoms with van der Waals surface area (Å²) in [7, 11) is 3.29. The maximum atomic E-state index is 5.49. The van der Waals surface area contributed by atoms with Crippen LogP contribution in [0.25, 0.3) is 11.0 Å². The molecule has 2 rings (SSSR count). The minimum Gasteiger partial charge on any atom is -0.493 e. The van der Waals surface area contributed by atoms with Gasteiger partial charge in [0.05, 0.1) is 25.3 Å². The maximum Gasteiger partial charge on any atom is 0.178 e. The number of benzene rings is 1. The molecule has 0 radical (unpaired) electrons. The molecule has 1 unspecified atom stereocenters. The fourth-order valence-corrected chi connectivity index (χ4v) is 2.98. The molecule has 5 heteroatoms. The largest absolute Gasteiger partial charge is 0.493 e. The van der Waals surface area contributed by atoms with Gasteiger partial charge in [-0.05, 0) is 37.9 Å². The third-order valence-electron chi connectivity index (χ3n) is 3.82. The lowest BCUT2D eigenvalue weighted by Gasteiger charge is -2.16. The molecule has 1 aromatic carbocycles. The summed E-state index contributed by atoms with van der Waals surface area (Å²) in [6.45, 7) is 6.70. The zero-order valence-electron chi connectivity index (χ0n) is 13.4. The molecule has 0 aliphatic heterocycles. The zero-order chi connectivity index (χ0) is 15.6. The zero-order valence-corrected chi connectivity index (χ0v) is 14.2. The number of aromatic amines is 1. The van der Waals surface area contributed by atoms with Crippen LogP contribution < -0.4 is 9.47 Å². The van der Waals surface area contributed by atoms with Crippen LogP contribution in [0.5, 0.6) is 11.5 Å². The molecule has 21 heavy (non-hydrogen) atoms. The van der Waals surface area contributed by atoms with Gasteiger partial charge in [0.15, 0.2) is 16.3 Å². The number of rotatable bonds is 6. The number of hydrogen-bond donors (Lipinski definition) is 1. The number of imidazole rings is 1. The molecule has 1 atom stereocenters. The van der Waals surface area contributed by atoms with E-state index in [2.05, 4.69) is 30.3 Å². The Balaban J connectivity index is 2.48. The third-order valence-corrected chi connectivity index (χ3v) is 4.12. The van der Waals surface area contributed by atoms with Crippen molar-refractivity contribution in [3.63, 3.8) is 0 Å². The van der Waals surface area contributed by atoms with Gasteiger partial charge in [0.2, 0.25) is 0 Å². The lowest BCUT2D eigenvalue weighted by atomic mass is 10.0. The summed E-state index contributed by atoms with van der Waals surface area (Å²) < 4.78 is 13.7. The first-order valence-corrected chi connectivity index (χ1v) is 7.75. The highest BCUT2D eigenvalue weighted by molar-refractivity contribution is 7.71. The van der Waals surface area contributed by atoms with Gasteiger partial charge in [0.25, 0.3) is 0 Å². The first-order valence-electron chi connectivity index (χ1n) is 7.34. The summed E-state index contributed by atoms with van der Waals surface area (Å²) in [5.74, 6) is 2.13. The second-order valence-electron chi connectivity index (χ2n) is 5.84. The van der Waals surface area contributed by atoms with Crippen molar-refractivity contribution in [1.29, 1.82) is 0 Å². The molecule has 0 saturated carbocycles. The highest BCUT2D eigenvalue weighted by Gasteiger charge is 2.15. The maximum absolute atomic E-state index is 5.49. The van der Waals surface area contributed by atoms with E-state index in [0.29, 0.717) is 17.7 Å². The topological polar surface area (TPSA) is 39.2 Å². The fourth-order valence-electron chi connectivity index (χ4n) is 2.59. The second kappa shape index (κ2) is 6.52. The van der Waals surface area contributed by atoms with Gasteiger partial charge in [-0.25, -0.2) is 0 Å². The highest BCUT2D eigenvalue weighted by atomic mass is 32.1. The quantitative estimate of drug-likeness (QED) is 0.785. The molecular weight excluding hydrogens is 284 g/mol. The van der Waals surface area contributed by atoms with Crippen LogP contribution in [-0.2, 0) is 0 Å². The number of nitrogens with zero attached hydrogens (tertiary/aromatic N) is 1. The predicted molar refractivity (Wildman–Crippen MR) is 89.0 cm³/mol.